The lowest BCUT2D eigenvalue weighted by Crippen LogP contribution is -2.35. The molecule has 1 fully saturated rings. The van der Waals surface area contributed by atoms with Gasteiger partial charge in [0.15, 0.2) is 0 Å². The van der Waals surface area contributed by atoms with Gasteiger partial charge in [-0.15, -0.1) is 0 Å². The second-order valence-corrected chi connectivity index (χ2v) is 4.67. The van der Waals surface area contributed by atoms with Crippen LogP contribution in [-0.2, 0) is 4.74 Å². The van der Waals surface area contributed by atoms with E-state index in [0.29, 0.717) is 11.5 Å². The molecule has 2 aliphatic rings. The van der Waals surface area contributed by atoms with Gasteiger partial charge in [0.1, 0.15) is 0 Å². The Morgan fingerprint density at radius 1 is 1.43 bits per heavy atom. The van der Waals surface area contributed by atoms with E-state index in [0.717, 1.165) is 13.2 Å². The van der Waals surface area contributed by atoms with Crippen LogP contribution in [0, 0.1) is 5.41 Å². The predicted molar refractivity (Wildman–Crippen MR) is 58.9 cm³/mol. The zero-order valence-corrected chi connectivity index (χ0v) is 9.17. The highest BCUT2D eigenvalue weighted by molar-refractivity contribution is 5.66. The molecule has 1 spiro atoms. The molecular formula is C12H21NO. The van der Waals surface area contributed by atoms with Gasteiger partial charge in [0.2, 0.25) is 0 Å². The Hall–Kier alpha value is -0.370. The quantitative estimate of drug-likeness (QED) is 0.664. The Labute approximate surface area is 86.8 Å². The van der Waals surface area contributed by atoms with Crippen molar-refractivity contribution in [1.29, 1.82) is 0 Å². The largest absolute Gasteiger partial charge is 0.378 e. The SMILES string of the molecule is CCOC1CCCC2(C=NCCC2)C1. The molecule has 1 heterocycles. The van der Waals surface area contributed by atoms with Crippen LogP contribution in [-0.4, -0.2) is 25.5 Å². The zero-order valence-electron chi connectivity index (χ0n) is 9.17. The standard InChI is InChI=1S/C12H21NO/c1-2-14-11-5-3-6-12(9-11)7-4-8-13-10-12/h10-11H,2-9H2,1H3. The third kappa shape index (κ3) is 2.17. The van der Waals surface area contributed by atoms with Crippen LogP contribution in [0.2, 0.25) is 0 Å². The number of hydrogen-bond acceptors (Lipinski definition) is 2. The molecule has 0 aromatic rings. The Bertz CT molecular complexity index is 212. The summed E-state index contributed by atoms with van der Waals surface area (Å²) in [4.78, 5) is 4.47. The van der Waals surface area contributed by atoms with Gasteiger partial charge in [-0.2, -0.15) is 0 Å². The minimum absolute atomic E-state index is 0.413. The zero-order chi connectivity index (χ0) is 9.86. The monoisotopic (exact) mass is 195 g/mol. The summed E-state index contributed by atoms with van der Waals surface area (Å²) in [6.45, 7) is 4.00. The van der Waals surface area contributed by atoms with Crippen molar-refractivity contribution < 1.29 is 4.74 Å². The minimum Gasteiger partial charge on any atom is -0.378 e. The molecule has 0 saturated heterocycles. The molecule has 1 aliphatic heterocycles. The van der Waals surface area contributed by atoms with Crippen molar-refractivity contribution in [3.05, 3.63) is 0 Å². The van der Waals surface area contributed by atoms with Crippen LogP contribution in [0.1, 0.15) is 45.4 Å². The van der Waals surface area contributed by atoms with Crippen LogP contribution in [0.3, 0.4) is 0 Å². The molecule has 0 N–H and O–H groups in total. The highest BCUT2D eigenvalue weighted by Crippen LogP contribution is 2.41. The molecule has 0 aromatic carbocycles. The molecule has 1 aliphatic carbocycles. The highest BCUT2D eigenvalue weighted by Gasteiger charge is 2.35. The lowest BCUT2D eigenvalue weighted by Gasteiger charge is -2.39. The Morgan fingerprint density at radius 2 is 2.29 bits per heavy atom. The van der Waals surface area contributed by atoms with Crippen molar-refractivity contribution in [1.82, 2.24) is 0 Å². The van der Waals surface area contributed by atoms with Gasteiger partial charge in [0.25, 0.3) is 0 Å². The molecule has 0 aromatic heterocycles. The Morgan fingerprint density at radius 3 is 3.00 bits per heavy atom. The van der Waals surface area contributed by atoms with E-state index in [9.17, 15) is 0 Å². The fourth-order valence-electron chi connectivity index (χ4n) is 2.91. The molecule has 2 rings (SSSR count). The van der Waals surface area contributed by atoms with E-state index in [4.69, 9.17) is 4.74 Å². The van der Waals surface area contributed by atoms with Crippen molar-refractivity contribution in [3.63, 3.8) is 0 Å². The molecule has 14 heavy (non-hydrogen) atoms. The molecule has 0 amide bonds. The number of nitrogens with zero attached hydrogens (tertiary/aromatic N) is 1. The number of rotatable bonds is 2. The predicted octanol–water partition coefficient (Wildman–Crippen LogP) is 2.82. The van der Waals surface area contributed by atoms with E-state index in [2.05, 4.69) is 18.1 Å². The van der Waals surface area contributed by atoms with E-state index < -0.39 is 0 Å². The van der Waals surface area contributed by atoms with E-state index in [1.54, 1.807) is 0 Å². The summed E-state index contributed by atoms with van der Waals surface area (Å²) in [7, 11) is 0. The molecule has 1 saturated carbocycles. The average Bonchev–Trinajstić information content (AvgIpc) is 2.19. The van der Waals surface area contributed by atoms with Gasteiger partial charge in [-0.25, -0.2) is 0 Å². The fourth-order valence-corrected chi connectivity index (χ4v) is 2.91. The summed E-state index contributed by atoms with van der Waals surface area (Å²) in [5.41, 5.74) is 0.413. The minimum atomic E-state index is 0.413. The topological polar surface area (TPSA) is 21.6 Å². The van der Waals surface area contributed by atoms with Gasteiger partial charge in [-0.1, -0.05) is 0 Å². The van der Waals surface area contributed by atoms with Gasteiger partial charge in [-0.05, 0) is 45.4 Å². The second-order valence-electron chi connectivity index (χ2n) is 4.67. The van der Waals surface area contributed by atoms with Crippen LogP contribution in [0.5, 0.6) is 0 Å². The van der Waals surface area contributed by atoms with Gasteiger partial charge in [-0.3, -0.25) is 4.99 Å². The lowest BCUT2D eigenvalue weighted by molar-refractivity contribution is 0.00634. The van der Waals surface area contributed by atoms with E-state index in [1.807, 2.05) is 0 Å². The van der Waals surface area contributed by atoms with Crippen LogP contribution in [0.4, 0.5) is 0 Å². The van der Waals surface area contributed by atoms with Crippen molar-refractivity contribution >= 4 is 6.21 Å². The van der Waals surface area contributed by atoms with Crippen molar-refractivity contribution in [2.24, 2.45) is 10.4 Å². The maximum absolute atomic E-state index is 5.75. The van der Waals surface area contributed by atoms with Crippen LogP contribution in [0.25, 0.3) is 0 Å². The van der Waals surface area contributed by atoms with E-state index in [1.165, 1.54) is 38.5 Å². The summed E-state index contributed by atoms with van der Waals surface area (Å²) in [5.74, 6) is 0. The summed E-state index contributed by atoms with van der Waals surface area (Å²) in [6, 6.07) is 0. The maximum Gasteiger partial charge on any atom is 0.0583 e. The van der Waals surface area contributed by atoms with Crippen molar-refractivity contribution in [2.45, 2.75) is 51.6 Å². The van der Waals surface area contributed by atoms with Gasteiger partial charge < -0.3 is 4.74 Å². The number of ether oxygens (including phenoxy) is 1. The van der Waals surface area contributed by atoms with Gasteiger partial charge in [0, 0.05) is 24.8 Å². The second kappa shape index (κ2) is 4.43. The molecule has 2 heteroatoms. The summed E-state index contributed by atoms with van der Waals surface area (Å²) < 4.78 is 5.75. The summed E-state index contributed by atoms with van der Waals surface area (Å²) in [6.07, 6.45) is 10.5. The van der Waals surface area contributed by atoms with Crippen molar-refractivity contribution in [3.8, 4) is 0 Å². The Balaban J connectivity index is 1.98. The molecule has 2 atom stereocenters. The molecule has 0 bridgehead atoms. The van der Waals surface area contributed by atoms with Crippen LogP contribution < -0.4 is 0 Å². The maximum atomic E-state index is 5.75. The number of hydrogen-bond donors (Lipinski definition) is 0. The molecular weight excluding hydrogens is 174 g/mol. The van der Waals surface area contributed by atoms with E-state index >= 15 is 0 Å². The fraction of sp³-hybridized carbons (Fsp3) is 0.917. The first-order valence-electron chi connectivity index (χ1n) is 5.97. The summed E-state index contributed by atoms with van der Waals surface area (Å²) in [5, 5.41) is 0. The van der Waals surface area contributed by atoms with Crippen LogP contribution >= 0.6 is 0 Å². The molecule has 2 unspecified atom stereocenters. The lowest BCUT2D eigenvalue weighted by atomic mass is 9.70. The molecule has 0 radical (unpaired) electrons. The normalized spacial score (nSPS) is 37.6. The third-order valence-corrected chi connectivity index (χ3v) is 3.56. The molecule has 80 valence electrons. The average molecular weight is 195 g/mol. The van der Waals surface area contributed by atoms with Gasteiger partial charge >= 0.3 is 0 Å². The number of aliphatic imine (C=N–C) groups is 1. The van der Waals surface area contributed by atoms with E-state index in [-0.39, 0.29) is 0 Å². The smallest absolute Gasteiger partial charge is 0.0583 e. The van der Waals surface area contributed by atoms with Gasteiger partial charge in [0.05, 0.1) is 6.10 Å². The first-order valence-corrected chi connectivity index (χ1v) is 5.97. The highest BCUT2D eigenvalue weighted by atomic mass is 16.5. The third-order valence-electron chi connectivity index (χ3n) is 3.56. The van der Waals surface area contributed by atoms with Crippen LogP contribution in [0.15, 0.2) is 4.99 Å². The summed E-state index contributed by atoms with van der Waals surface area (Å²) >= 11 is 0. The molecule has 2 nitrogen and oxygen atoms in total. The first kappa shape index (κ1) is 10.2. The Kier molecular flexibility index (Phi) is 3.22. The van der Waals surface area contributed by atoms with Crippen molar-refractivity contribution in [2.75, 3.05) is 13.2 Å². The first-order chi connectivity index (χ1) is 6.85.